The van der Waals surface area contributed by atoms with Gasteiger partial charge in [-0.25, -0.2) is 16.8 Å². The Kier molecular flexibility index (Phi) is 2.81. The van der Waals surface area contributed by atoms with Crippen LogP contribution in [-0.2, 0) is 19.7 Å². The van der Waals surface area contributed by atoms with Crippen molar-refractivity contribution in [1.82, 2.24) is 5.32 Å². The first kappa shape index (κ1) is 11.3. The summed E-state index contributed by atoms with van der Waals surface area (Å²) in [4.78, 5) is 0. The van der Waals surface area contributed by atoms with E-state index in [0.29, 0.717) is 6.42 Å². The zero-order valence-electron chi connectivity index (χ0n) is 8.35. The molecule has 0 amide bonds. The van der Waals surface area contributed by atoms with Gasteiger partial charge in [0.05, 0.1) is 23.0 Å². The molecule has 0 aliphatic carbocycles. The van der Waals surface area contributed by atoms with Crippen molar-refractivity contribution in [3.05, 3.63) is 0 Å². The van der Waals surface area contributed by atoms with Gasteiger partial charge in [0.15, 0.2) is 19.7 Å². The molecule has 0 saturated carbocycles. The highest BCUT2D eigenvalue weighted by molar-refractivity contribution is 7.93. The van der Waals surface area contributed by atoms with Gasteiger partial charge in [-0.3, -0.25) is 0 Å². The highest BCUT2D eigenvalue weighted by Gasteiger charge is 2.36. The van der Waals surface area contributed by atoms with Crippen LogP contribution in [0.4, 0.5) is 0 Å². The Bertz CT molecular complexity index is 427. The molecule has 1 unspecified atom stereocenters. The molecular weight excluding hydrogens is 238 g/mol. The minimum Gasteiger partial charge on any atom is -0.308 e. The summed E-state index contributed by atoms with van der Waals surface area (Å²) in [5.41, 5.74) is 0. The first-order chi connectivity index (χ1) is 6.86. The molecule has 0 spiro atoms. The average molecular weight is 253 g/mol. The van der Waals surface area contributed by atoms with E-state index in [4.69, 9.17) is 0 Å². The van der Waals surface area contributed by atoms with Crippen LogP contribution >= 0.6 is 0 Å². The maximum Gasteiger partial charge on any atom is 0.153 e. The summed E-state index contributed by atoms with van der Waals surface area (Å²) in [5, 5.41) is 3.11. The fourth-order valence-electron chi connectivity index (χ4n) is 2.15. The van der Waals surface area contributed by atoms with Crippen molar-refractivity contribution in [3.63, 3.8) is 0 Å². The standard InChI is InChI=1S/C8H15NO4S2/c10-14(11)3-1-2-7(4-14)9-8-5-15(12,13)6-8/h7-9H,1-6H2. The number of hydrogen-bond acceptors (Lipinski definition) is 5. The van der Waals surface area contributed by atoms with E-state index in [0.717, 1.165) is 6.42 Å². The Labute approximate surface area is 90.1 Å². The lowest BCUT2D eigenvalue weighted by Crippen LogP contribution is -2.56. The topological polar surface area (TPSA) is 80.3 Å². The quantitative estimate of drug-likeness (QED) is 0.679. The lowest BCUT2D eigenvalue weighted by atomic mass is 10.1. The molecule has 7 heteroatoms. The van der Waals surface area contributed by atoms with Gasteiger partial charge in [-0.1, -0.05) is 0 Å². The third kappa shape index (κ3) is 2.92. The Balaban J connectivity index is 1.86. The minimum atomic E-state index is -2.90. The molecule has 2 rings (SSSR count). The second kappa shape index (κ2) is 3.71. The first-order valence-corrected chi connectivity index (χ1v) is 8.67. The largest absolute Gasteiger partial charge is 0.308 e. The zero-order chi connectivity index (χ0) is 11.1. The van der Waals surface area contributed by atoms with Crippen molar-refractivity contribution in [3.8, 4) is 0 Å². The molecule has 2 aliphatic rings. The van der Waals surface area contributed by atoms with Gasteiger partial charge in [-0.2, -0.15) is 0 Å². The van der Waals surface area contributed by atoms with Gasteiger partial charge in [-0.15, -0.1) is 0 Å². The van der Waals surface area contributed by atoms with Crippen molar-refractivity contribution < 1.29 is 16.8 Å². The van der Waals surface area contributed by atoms with E-state index in [2.05, 4.69) is 5.32 Å². The van der Waals surface area contributed by atoms with Crippen LogP contribution in [0.1, 0.15) is 12.8 Å². The van der Waals surface area contributed by atoms with Crippen LogP contribution in [-0.4, -0.2) is 51.9 Å². The van der Waals surface area contributed by atoms with Gasteiger partial charge in [-0.05, 0) is 12.8 Å². The van der Waals surface area contributed by atoms with Crippen LogP contribution in [0.2, 0.25) is 0 Å². The van der Waals surface area contributed by atoms with E-state index in [9.17, 15) is 16.8 Å². The summed E-state index contributed by atoms with van der Waals surface area (Å²) in [5.74, 6) is 0.741. The third-order valence-electron chi connectivity index (χ3n) is 2.84. The Morgan fingerprint density at radius 2 is 1.47 bits per heavy atom. The van der Waals surface area contributed by atoms with E-state index in [-0.39, 0.29) is 35.1 Å². The molecule has 2 heterocycles. The highest BCUT2D eigenvalue weighted by Crippen LogP contribution is 2.16. The van der Waals surface area contributed by atoms with Crippen LogP contribution in [0.15, 0.2) is 0 Å². The van der Waals surface area contributed by atoms with Gasteiger partial charge in [0.2, 0.25) is 0 Å². The molecule has 2 saturated heterocycles. The Hall–Kier alpha value is -0.140. The van der Waals surface area contributed by atoms with Crippen LogP contribution in [0, 0.1) is 0 Å². The fraction of sp³-hybridized carbons (Fsp3) is 1.00. The van der Waals surface area contributed by atoms with Crippen molar-refractivity contribution in [2.24, 2.45) is 0 Å². The lowest BCUT2D eigenvalue weighted by Gasteiger charge is -2.32. The predicted molar refractivity (Wildman–Crippen MR) is 57.3 cm³/mol. The second-order valence-corrected chi connectivity index (χ2v) is 8.78. The van der Waals surface area contributed by atoms with Crippen molar-refractivity contribution in [1.29, 1.82) is 0 Å². The maximum atomic E-state index is 11.3. The van der Waals surface area contributed by atoms with Gasteiger partial charge in [0.1, 0.15) is 0 Å². The van der Waals surface area contributed by atoms with Crippen LogP contribution < -0.4 is 5.32 Å². The molecule has 0 bridgehead atoms. The zero-order valence-corrected chi connectivity index (χ0v) is 9.98. The SMILES string of the molecule is O=S1(=O)CCCC(NC2CS(=O)(=O)C2)C1. The molecule has 2 aliphatic heterocycles. The molecule has 1 atom stereocenters. The summed E-state index contributed by atoms with van der Waals surface area (Å²) in [7, 11) is -5.72. The van der Waals surface area contributed by atoms with Gasteiger partial charge >= 0.3 is 0 Å². The van der Waals surface area contributed by atoms with E-state index < -0.39 is 19.7 Å². The Morgan fingerprint density at radius 1 is 0.867 bits per heavy atom. The second-order valence-electron chi connectivity index (χ2n) is 4.39. The number of rotatable bonds is 2. The molecule has 5 nitrogen and oxygen atoms in total. The summed E-state index contributed by atoms with van der Waals surface area (Å²) in [6.45, 7) is 0. The van der Waals surface area contributed by atoms with Crippen LogP contribution in [0.25, 0.3) is 0 Å². The molecule has 0 aromatic carbocycles. The molecular formula is C8H15NO4S2. The fourth-order valence-corrected chi connectivity index (χ4v) is 5.12. The number of hydrogen-bond donors (Lipinski definition) is 1. The van der Waals surface area contributed by atoms with E-state index >= 15 is 0 Å². The monoisotopic (exact) mass is 253 g/mol. The van der Waals surface area contributed by atoms with E-state index in [1.807, 2.05) is 0 Å². The molecule has 88 valence electrons. The summed E-state index contributed by atoms with van der Waals surface area (Å²) in [6, 6.07) is -0.0856. The summed E-state index contributed by atoms with van der Waals surface area (Å²) in [6.07, 6.45) is 1.51. The van der Waals surface area contributed by atoms with Crippen molar-refractivity contribution >= 4 is 19.7 Å². The van der Waals surface area contributed by atoms with Crippen LogP contribution in [0.5, 0.6) is 0 Å². The highest BCUT2D eigenvalue weighted by atomic mass is 32.2. The number of sulfone groups is 2. The normalized spacial score (nSPS) is 34.5. The molecule has 15 heavy (non-hydrogen) atoms. The predicted octanol–water partition coefficient (Wildman–Crippen LogP) is -1.05. The number of nitrogens with one attached hydrogen (secondary N) is 1. The molecule has 0 aromatic heterocycles. The van der Waals surface area contributed by atoms with E-state index in [1.165, 1.54) is 0 Å². The molecule has 1 N–H and O–H groups in total. The van der Waals surface area contributed by atoms with E-state index in [1.54, 1.807) is 0 Å². The van der Waals surface area contributed by atoms with Gasteiger partial charge in [0.25, 0.3) is 0 Å². The van der Waals surface area contributed by atoms with Crippen LogP contribution in [0.3, 0.4) is 0 Å². The summed E-state index contributed by atoms with van der Waals surface area (Å²) >= 11 is 0. The lowest BCUT2D eigenvalue weighted by molar-refractivity contribution is 0.427. The average Bonchev–Trinajstić information content (AvgIpc) is 1.98. The van der Waals surface area contributed by atoms with Crippen molar-refractivity contribution in [2.75, 3.05) is 23.0 Å². The minimum absolute atomic E-state index is 0.0340. The molecule has 0 radical (unpaired) electrons. The third-order valence-corrected chi connectivity index (χ3v) is 6.49. The van der Waals surface area contributed by atoms with Gasteiger partial charge < -0.3 is 5.32 Å². The molecule has 2 fully saturated rings. The Morgan fingerprint density at radius 3 is 2.00 bits per heavy atom. The van der Waals surface area contributed by atoms with Gasteiger partial charge in [0, 0.05) is 12.1 Å². The molecule has 0 aromatic rings. The summed E-state index contributed by atoms with van der Waals surface area (Å²) < 4.78 is 44.5. The maximum absolute atomic E-state index is 11.3. The smallest absolute Gasteiger partial charge is 0.153 e. The van der Waals surface area contributed by atoms with Crippen molar-refractivity contribution in [2.45, 2.75) is 24.9 Å². The first-order valence-electron chi connectivity index (χ1n) is 5.03.